The summed E-state index contributed by atoms with van der Waals surface area (Å²) in [5, 5.41) is 0. The highest BCUT2D eigenvalue weighted by molar-refractivity contribution is 5.63. The summed E-state index contributed by atoms with van der Waals surface area (Å²) in [7, 11) is 0. The average Bonchev–Trinajstić information content (AvgIpc) is 3.07. The van der Waals surface area contributed by atoms with Gasteiger partial charge in [-0.05, 0) is 41.4 Å². The van der Waals surface area contributed by atoms with Gasteiger partial charge in [0.1, 0.15) is 0 Å². The molecular formula is C17H18. The van der Waals surface area contributed by atoms with E-state index in [2.05, 4.69) is 61.5 Å². The molecule has 0 heterocycles. The maximum atomic E-state index is 2.35. The van der Waals surface area contributed by atoms with Crippen LogP contribution in [0.15, 0.2) is 54.6 Å². The van der Waals surface area contributed by atoms with Gasteiger partial charge in [0.2, 0.25) is 0 Å². The standard InChI is InChI=1S/C17H18/c1-13-11-17(13)12-14-7-9-16(10-8-14)15-5-3-2-4-6-15/h2-10,13,17H,11-12H2,1H3/t13-,17+/m0/s1. The largest absolute Gasteiger partial charge is 0.0622 e. The van der Waals surface area contributed by atoms with Crippen LogP contribution in [0.5, 0.6) is 0 Å². The van der Waals surface area contributed by atoms with Gasteiger partial charge < -0.3 is 0 Å². The SMILES string of the molecule is C[C@H]1C[C@@H]1Cc1ccc(-c2ccccc2)cc1. The summed E-state index contributed by atoms with van der Waals surface area (Å²) < 4.78 is 0. The minimum Gasteiger partial charge on any atom is -0.0622 e. The molecule has 86 valence electrons. The van der Waals surface area contributed by atoms with E-state index in [-0.39, 0.29) is 0 Å². The van der Waals surface area contributed by atoms with Crippen LogP contribution in [0, 0.1) is 11.8 Å². The Labute approximate surface area is 103 Å². The van der Waals surface area contributed by atoms with E-state index in [0.717, 1.165) is 11.8 Å². The fourth-order valence-corrected chi connectivity index (χ4v) is 2.45. The fourth-order valence-electron chi connectivity index (χ4n) is 2.45. The van der Waals surface area contributed by atoms with Crippen molar-refractivity contribution in [3.8, 4) is 11.1 Å². The second kappa shape index (κ2) is 4.37. The number of benzene rings is 2. The molecule has 1 aliphatic rings. The van der Waals surface area contributed by atoms with Crippen molar-refractivity contribution in [2.75, 3.05) is 0 Å². The van der Waals surface area contributed by atoms with E-state index in [0.29, 0.717) is 0 Å². The zero-order chi connectivity index (χ0) is 11.7. The van der Waals surface area contributed by atoms with E-state index >= 15 is 0 Å². The van der Waals surface area contributed by atoms with Gasteiger partial charge in [-0.1, -0.05) is 61.5 Å². The van der Waals surface area contributed by atoms with Gasteiger partial charge in [-0.2, -0.15) is 0 Å². The molecule has 1 aliphatic carbocycles. The van der Waals surface area contributed by atoms with E-state index in [9.17, 15) is 0 Å². The predicted octanol–water partition coefficient (Wildman–Crippen LogP) is 4.55. The summed E-state index contributed by atoms with van der Waals surface area (Å²) >= 11 is 0. The fraction of sp³-hybridized carbons (Fsp3) is 0.294. The molecule has 0 aromatic heterocycles. The van der Waals surface area contributed by atoms with Gasteiger partial charge in [-0.3, -0.25) is 0 Å². The molecule has 0 heteroatoms. The molecule has 0 saturated heterocycles. The van der Waals surface area contributed by atoms with E-state index in [4.69, 9.17) is 0 Å². The summed E-state index contributed by atoms with van der Waals surface area (Å²) in [5.41, 5.74) is 4.11. The molecule has 2 atom stereocenters. The molecule has 0 amide bonds. The quantitative estimate of drug-likeness (QED) is 0.714. The van der Waals surface area contributed by atoms with E-state index in [1.54, 1.807) is 0 Å². The van der Waals surface area contributed by atoms with Gasteiger partial charge in [0, 0.05) is 0 Å². The summed E-state index contributed by atoms with van der Waals surface area (Å²) in [6.07, 6.45) is 2.68. The molecule has 2 aromatic carbocycles. The van der Waals surface area contributed by atoms with Gasteiger partial charge in [0.25, 0.3) is 0 Å². The Hall–Kier alpha value is -1.56. The van der Waals surface area contributed by atoms with Crippen LogP contribution in [-0.2, 0) is 6.42 Å². The van der Waals surface area contributed by atoms with Crippen molar-refractivity contribution in [2.45, 2.75) is 19.8 Å². The predicted molar refractivity (Wildman–Crippen MR) is 72.9 cm³/mol. The number of hydrogen-bond acceptors (Lipinski definition) is 0. The smallest absolute Gasteiger partial charge is 0.0184 e. The third kappa shape index (κ3) is 2.41. The van der Waals surface area contributed by atoms with Crippen molar-refractivity contribution in [1.29, 1.82) is 0 Å². The molecule has 1 saturated carbocycles. The highest BCUT2D eigenvalue weighted by Crippen LogP contribution is 2.40. The maximum absolute atomic E-state index is 2.35. The lowest BCUT2D eigenvalue weighted by Crippen LogP contribution is -1.88. The van der Waals surface area contributed by atoms with Gasteiger partial charge in [-0.15, -0.1) is 0 Å². The first-order valence-corrected chi connectivity index (χ1v) is 6.47. The topological polar surface area (TPSA) is 0 Å². The molecule has 1 fully saturated rings. The maximum Gasteiger partial charge on any atom is -0.0184 e. The second-order valence-corrected chi connectivity index (χ2v) is 5.24. The Kier molecular flexibility index (Phi) is 2.72. The van der Waals surface area contributed by atoms with Gasteiger partial charge >= 0.3 is 0 Å². The lowest BCUT2D eigenvalue weighted by atomic mass is 10.0. The van der Waals surface area contributed by atoms with Crippen molar-refractivity contribution in [2.24, 2.45) is 11.8 Å². The molecule has 0 bridgehead atoms. The summed E-state index contributed by atoms with van der Waals surface area (Å²) in [6, 6.07) is 19.6. The Morgan fingerprint density at radius 1 is 0.882 bits per heavy atom. The zero-order valence-corrected chi connectivity index (χ0v) is 10.3. The third-order valence-electron chi connectivity index (χ3n) is 3.84. The normalized spacial score (nSPS) is 22.4. The van der Waals surface area contributed by atoms with Crippen LogP contribution in [0.4, 0.5) is 0 Å². The van der Waals surface area contributed by atoms with E-state index in [1.807, 2.05) is 0 Å². The monoisotopic (exact) mass is 222 g/mol. The molecule has 0 radical (unpaired) electrons. The lowest BCUT2D eigenvalue weighted by molar-refractivity contribution is 0.747. The zero-order valence-electron chi connectivity index (χ0n) is 10.3. The first-order valence-electron chi connectivity index (χ1n) is 6.47. The molecule has 0 unspecified atom stereocenters. The Morgan fingerprint density at radius 3 is 2.06 bits per heavy atom. The first-order chi connectivity index (χ1) is 8.33. The molecule has 2 aromatic rings. The summed E-state index contributed by atoms with van der Waals surface area (Å²) in [6.45, 7) is 2.35. The molecule has 0 nitrogen and oxygen atoms in total. The van der Waals surface area contributed by atoms with Crippen molar-refractivity contribution in [1.82, 2.24) is 0 Å². The van der Waals surface area contributed by atoms with Crippen molar-refractivity contribution < 1.29 is 0 Å². The van der Waals surface area contributed by atoms with E-state index in [1.165, 1.54) is 29.5 Å². The molecule has 3 rings (SSSR count). The van der Waals surface area contributed by atoms with Crippen LogP contribution < -0.4 is 0 Å². The highest BCUT2D eigenvalue weighted by atomic mass is 14.4. The molecule has 17 heavy (non-hydrogen) atoms. The number of rotatable bonds is 3. The Morgan fingerprint density at radius 2 is 1.47 bits per heavy atom. The lowest BCUT2D eigenvalue weighted by Gasteiger charge is -2.04. The van der Waals surface area contributed by atoms with Crippen molar-refractivity contribution in [3.05, 3.63) is 60.2 Å². The van der Waals surface area contributed by atoms with Crippen LogP contribution in [-0.4, -0.2) is 0 Å². The average molecular weight is 222 g/mol. The van der Waals surface area contributed by atoms with E-state index < -0.39 is 0 Å². The third-order valence-corrected chi connectivity index (χ3v) is 3.84. The highest BCUT2D eigenvalue weighted by Gasteiger charge is 2.31. The summed E-state index contributed by atoms with van der Waals surface area (Å²) in [5.74, 6) is 1.89. The second-order valence-electron chi connectivity index (χ2n) is 5.24. The Bertz CT molecular complexity index is 481. The van der Waals surface area contributed by atoms with Crippen LogP contribution in [0.2, 0.25) is 0 Å². The molecule has 0 aliphatic heterocycles. The summed E-state index contributed by atoms with van der Waals surface area (Å²) in [4.78, 5) is 0. The molecular weight excluding hydrogens is 204 g/mol. The number of hydrogen-bond donors (Lipinski definition) is 0. The first kappa shape index (κ1) is 10.6. The minimum absolute atomic E-state index is 0.942. The molecule has 0 spiro atoms. The molecule has 0 N–H and O–H groups in total. The van der Waals surface area contributed by atoms with Crippen molar-refractivity contribution >= 4 is 0 Å². The van der Waals surface area contributed by atoms with Gasteiger partial charge in [-0.25, -0.2) is 0 Å². The van der Waals surface area contributed by atoms with Crippen LogP contribution >= 0.6 is 0 Å². The van der Waals surface area contributed by atoms with Crippen LogP contribution in [0.1, 0.15) is 18.9 Å². The minimum atomic E-state index is 0.942. The Balaban J connectivity index is 1.76. The van der Waals surface area contributed by atoms with Gasteiger partial charge in [0.05, 0.1) is 0 Å². The van der Waals surface area contributed by atoms with Crippen LogP contribution in [0.25, 0.3) is 11.1 Å². The van der Waals surface area contributed by atoms with Crippen LogP contribution in [0.3, 0.4) is 0 Å². The van der Waals surface area contributed by atoms with Crippen molar-refractivity contribution in [3.63, 3.8) is 0 Å². The van der Waals surface area contributed by atoms with Gasteiger partial charge in [0.15, 0.2) is 0 Å².